The second-order valence-electron chi connectivity index (χ2n) is 18.5. The standard InChI is InChI=1S/C30H27N9.C24H18N12/c1-16-7-10-25-22(13-16)31-19(4)37(25)28-34-29(38-20(5)32-23-14-17(2)8-11-26(23)38)36-30(35-28)39-21(6)33-24-15-18(3)9-12-27(24)39;1-13-28-16-7-4-10-25-19(16)34(13)22-31-23(35-14(2)29-17-8-5-11-26-20(17)35)33-24(32-22)36-15(3)30-18-9-6-12-27-21(18)36/h7-15H,1-6H3;4-12H,1-3H3. The molecule has 0 saturated carbocycles. The van der Waals surface area contributed by atoms with Gasteiger partial charge in [0.15, 0.2) is 16.9 Å². The van der Waals surface area contributed by atoms with Crippen molar-refractivity contribution in [1.82, 2.24) is 102 Å². The lowest BCUT2D eigenvalue weighted by molar-refractivity contribution is 0.781. The van der Waals surface area contributed by atoms with Crippen LogP contribution in [0.2, 0.25) is 0 Å². The molecule has 0 saturated heterocycles. The van der Waals surface area contributed by atoms with E-state index in [1.807, 2.05) is 105 Å². The first-order chi connectivity index (χ1) is 36.3. The molecule has 11 heterocycles. The number of rotatable bonds is 6. The van der Waals surface area contributed by atoms with Crippen LogP contribution in [0.1, 0.15) is 51.6 Å². The third-order valence-corrected chi connectivity index (χ3v) is 13.1. The van der Waals surface area contributed by atoms with Crippen LogP contribution < -0.4 is 0 Å². The Hall–Kier alpha value is -10.1. The van der Waals surface area contributed by atoms with Crippen molar-refractivity contribution < 1.29 is 0 Å². The number of pyridine rings is 3. The Kier molecular flexibility index (Phi) is 10.2. The minimum atomic E-state index is 0.364. The number of benzene rings is 3. The van der Waals surface area contributed by atoms with E-state index in [0.29, 0.717) is 70.1 Å². The quantitative estimate of drug-likeness (QED) is 0.152. The van der Waals surface area contributed by atoms with Crippen molar-refractivity contribution in [3.8, 4) is 35.7 Å². The average Bonchev–Trinajstić information content (AvgIpc) is 4.23. The lowest BCUT2D eigenvalue weighted by atomic mass is 10.2. The van der Waals surface area contributed by atoms with E-state index in [0.717, 1.165) is 83.8 Å². The highest BCUT2D eigenvalue weighted by Crippen LogP contribution is 2.28. The van der Waals surface area contributed by atoms with Crippen LogP contribution in [0.3, 0.4) is 0 Å². The molecule has 0 aliphatic carbocycles. The SMILES string of the molecule is Cc1ccc2c(c1)nc(C)n2-c1nc(-n2c(C)nc3cc(C)ccc32)nc(-n2c(C)nc3cc(C)ccc32)n1.Cc1nc2cccnc2n1-c1nc(-n2c(C)nc3cccnc32)nc(-n2c(C)nc3cccnc32)n1. The molecule has 0 amide bonds. The van der Waals surface area contributed by atoms with Crippen molar-refractivity contribution >= 4 is 66.6 Å². The number of hydrogen-bond donors (Lipinski definition) is 0. The van der Waals surface area contributed by atoms with Gasteiger partial charge in [0.1, 0.15) is 51.5 Å². The zero-order chi connectivity index (χ0) is 51.4. The maximum atomic E-state index is 5.01. The third kappa shape index (κ3) is 7.41. The van der Waals surface area contributed by atoms with Crippen molar-refractivity contribution in [2.24, 2.45) is 0 Å². The monoisotopic (exact) mass is 987 g/mol. The molecule has 0 bridgehead atoms. The number of imidazole rings is 6. The predicted molar refractivity (Wildman–Crippen MR) is 283 cm³/mol. The maximum absolute atomic E-state index is 5.01. The van der Waals surface area contributed by atoms with Gasteiger partial charge in [0.2, 0.25) is 35.7 Å². The molecule has 0 unspecified atom stereocenters. The Morgan fingerprint density at radius 2 is 0.493 bits per heavy atom. The Labute approximate surface area is 426 Å². The summed E-state index contributed by atoms with van der Waals surface area (Å²) >= 11 is 0. The van der Waals surface area contributed by atoms with E-state index in [-0.39, 0.29) is 0 Å². The van der Waals surface area contributed by atoms with Crippen LogP contribution in [0.5, 0.6) is 0 Å². The van der Waals surface area contributed by atoms with E-state index in [9.17, 15) is 0 Å². The fourth-order valence-corrected chi connectivity index (χ4v) is 9.77. The molecular weight excluding hydrogens is 943 g/mol. The van der Waals surface area contributed by atoms with Crippen molar-refractivity contribution in [2.45, 2.75) is 62.3 Å². The number of aryl methyl sites for hydroxylation is 9. The summed E-state index contributed by atoms with van der Waals surface area (Å²) in [6.45, 7) is 17.8. The Balaban J connectivity index is 0.000000145. The first kappa shape index (κ1) is 44.9. The summed E-state index contributed by atoms with van der Waals surface area (Å²) in [7, 11) is 0. The summed E-state index contributed by atoms with van der Waals surface area (Å²) in [6, 6.07) is 29.9. The highest BCUT2D eigenvalue weighted by molar-refractivity contribution is 5.82. The molecule has 366 valence electrons. The number of nitrogens with zero attached hydrogens (tertiary/aromatic N) is 21. The second-order valence-corrected chi connectivity index (χ2v) is 18.5. The smallest absolute Gasteiger partial charge is 0.243 e. The van der Waals surface area contributed by atoms with Crippen LogP contribution in [0.25, 0.3) is 102 Å². The average molecular weight is 988 g/mol. The van der Waals surface area contributed by atoms with Gasteiger partial charge in [-0.25, -0.2) is 58.6 Å². The van der Waals surface area contributed by atoms with Gasteiger partial charge in [-0.2, -0.15) is 29.9 Å². The van der Waals surface area contributed by atoms with Gasteiger partial charge >= 0.3 is 0 Å². The fourth-order valence-electron chi connectivity index (χ4n) is 9.77. The van der Waals surface area contributed by atoms with Gasteiger partial charge in [0.05, 0.1) is 33.1 Å². The predicted octanol–water partition coefficient (Wildman–Crippen LogP) is 8.74. The van der Waals surface area contributed by atoms with Crippen molar-refractivity contribution in [3.63, 3.8) is 0 Å². The third-order valence-electron chi connectivity index (χ3n) is 13.1. The summed E-state index contributed by atoms with van der Waals surface area (Å²) in [5, 5.41) is 0. The first-order valence-corrected chi connectivity index (χ1v) is 24.2. The Morgan fingerprint density at radius 1 is 0.253 bits per heavy atom. The summed E-state index contributed by atoms with van der Waals surface area (Å²) in [4.78, 5) is 71.6. The van der Waals surface area contributed by atoms with Gasteiger partial charge in [-0.3, -0.25) is 13.7 Å². The van der Waals surface area contributed by atoms with Crippen LogP contribution in [-0.2, 0) is 0 Å². The molecule has 14 aromatic rings. The van der Waals surface area contributed by atoms with Gasteiger partial charge in [-0.1, -0.05) is 18.2 Å². The minimum absolute atomic E-state index is 0.364. The van der Waals surface area contributed by atoms with E-state index in [2.05, 4.69) is 105 Å². The molecule has 75 heavy (non-hydrogen) atoms. The van der Waals surface area contributed by atoms with Gasteiger partial charge in [-0.15, -0.1) is 0 Å². The van der Waals surface area contributed by atoms with Crippen LogP contribution in [-0.4, -0.2) is 102 Å². The highest BCUT2D eigenvalue weighted by Gasteiger charge is 2.24. The fraction of sp³-hybridized carbons (Fsp3) is 0.167. The molecule has 21 nitrogen and oxygen atoms in total. The van der Waals surface area contributed by atoms with Gasteiger partial charge in [0, 0.05) is 18.6 Å². The van der Waals surface area contributed by atoms with E-state index in [1.165, 1.54) is 0 Å². The van der Waals surface area contributed by atoms with E-state index < -0.39 is 0 Å². The van der Waals surface area contributed by atoms with Crippen LogP contribution in [0.4, 0.5) is 0 Å². The van der Waals surface area contributed by atoms with Gasteiger partial charge < -0.3 is 0 Å². The molecule has 0 aliphatic heterocycles. The van der Waals surface area contributed by atoms with Gasteiger partial charge in [-0.05, 0) is 152 Å². The molecule has 0 atom stereocenters. The van der Waals surface area contributed by atoms with Crippen LogP contribution >= 0.6 is 0 Å². The van der Waals surface area contributed by atoms with E-state index in [4.69, 9.17) is 44.9 Å². The molecule has 3 aromatic carbocycles. The molecule has 0 spiro atoms. The lowest BCUT2D eigenvalue weighted by Crippen LogP contribution is -2.15. The summed E-state index contributed by atoms with van der Waals surface area (Å²) < 4.78 is 11.4. The molecule has 0 N–H and O–H groups in total. The molecule has 21 heteroatoms. The topological polar surface area (TPSA) is 223 Å². The summed E-state index contributed by atoms with van der Waals surface area (Å²) in [5.74, 6) is 7.03. The van der Waals surface area contributed by atoms with Crippen LogP contribution in [0.15, 0.2) is 110 Å². The Bertz CT molecular complexity index is 4130. The summed E-state index contributed by atoms with van der Waals surface area (Å²) in [6.07, 6.45) is 5.16. The van der Waals surface area contributed by atoms with Crippen molar-refractivity contribution in [3.05, 3.63) is 161 Å². The molecular formula is C54H45N21. The van der Waals surface area contributed by atoms with Crippen molar-refractivity contribution in [1.29, 1.82) is 0 Å². The normalized spacial score (nSPS) is 11.8. The van der Waals surface area contributed by atoms with Gasteiger partial charge in [0.25, 0.3) is 0 Å². The lowest BCUT2D eigenvalue weighted by Gasteiger charge is -2.13. The van der Waals surface area contributed by atoms with E-state index >= 15 is 0 Å². The first-order valence-electron chi connectivity index (χ1n) is 24.2. The maximum Gasteiger partial charge on any atom is 0.243 e. The zero-order valence-electron chi connectivity index (χ0n) is 42.3. The summed E-state index contributed by atoms with van der Waals surface area (Å²) in [5.41, 5.74) is 13.1. The highest BCUT2D eigenvalue weighted by atomic mass is 15.4. The zero-order valence-corrected chi connectivity index (χ0v) is 42.3. The molecule has 0 fully saturated rings. The van der Waals surface area contributed by atoms with Crippen LogP contribution in [0, 0.1) is 62.3 Å². The van der Waals surface area contributed by atoms with Crippen molar-refractivity contribution in [2.75, 3.05) is 0 Å². The number of hydrogen-bond acceptors (Lipinski definition) is 15. The molecule has 0 aliphatic rings. The minimum Gasteiger partial charge on any atom is -0.264 e. The second kappa shape index (κ2) is 17.0. The number of fused-ring (bicyclic) bond motifs is 6. The number of aromatic nitrogens is 21. The largest absolute Gasteiger partial charge is 0.264 e. The molecule has 11 aromatic heterocycles. The molecule has 0 radical (unpaired) electrons. The Morgan fingerprint density at radius 3 is 0.773 bits per heavy atom. The van der Waals surface area contributed by atoms with E-state index in [1.54, 1.807) is 18.6 Å². The molecule has 14 rings (SSSR count).